The van der Waals surface area contributed by atoms with E-state index >= 15 is 0 Å². The molecule has 8 nitrogen and oxygen atoms in total. The largest absolute Gasteiger partial charge is 0.348 e. The minimum atomic E-state index is -0.190. The maximum absolute atomic E-state index is 12.7. The Bertz CT molecular complexity index is 1070. The van der Waals surface area contributed by atoms with Crippen LogP contribution in [-0.2, 0) is 24.3 Å². The lowest BCUT2D eigenvalue weighted by atomic mass is 10.2. The van der Waals surface area contributed by atoms with Gasteiger partial charge in [-0.25, -0.2) is 4.98 Å². The van der Waals surface area contributed by atoms with Crippen LogP contribution in [0.25, 0.3) is 11.0 Å². The zero-order valence-electron chi connectivity index (χ0n) is 16.4. The molecule has 9 heteroatoms. The van der Waals surface area contributed by atoms with Crippen LogP contribution < -0.4 is 5.32 Å². The van der Waals surface area contributed by atoms with Gasteiger partial charge in [-0.05, 0) is 38.1 Å². The third-order valence-corrected chi connectivity index (χ3v) is 5.11. The number of aromatic amines is 1. The molecule has 1 aliphatic heterocycles. The van der Waals surface area contributed by atoms with Crippen molar-refractivity contribution >= 4 is 34.4 Å². The monoisotopic (exact) mass is 414 g/mol. The van der Waals surface area contributed by atoms with Gasteiger partial charge in [0.25, 0.3) is 5.91 Å². The predicted molar refractivity (Wildman–Crippen MR) is 110 cm³/mol. The molecule has 3 heterocycles. The van der Waals surface area contributed by atoms with Crippen molar-refractivity contribution in [3.8, 4) is 0 Å². The summed E-state index contributed by atoms with van der Waals surface area (Å²) in [6, 6.07) is 7.30. The number of rotatable bonds is 5. The van der Waals surface area contributed by atoms with E-state index in [1.807, 2.05) is 30.7 Å². The molecular weight excluding hydrogens is 392 g/mol. The number of aryl methyl sites for hydroxylation is 1. The second-order valence-corrected chi connectivity index (χ2v) is 7.97. The topological polar surface area (TPSA) is 95.9 Å². The molecule has 2 N–H and O–H groups in total. The van der Waals surface area contributed by atoms with Crippen molar-refractivity contribution in [2.75, 3.05) is 6.54 Å². The van der Waals surface area contributed by atoms with E-state index in [4.69, 9.17) is 11.6 Å². The number of hydrogen-bond acceptors (Lipinski definition) is 4. The van der Waals surface area contributed by atoms with E-state index in [0.717, 1.165) is 22.6 Å². The fourth-order valence-electron chi connectivity index (χ4n) is 3.46. The maximum atomic E-state index is 12.7. The first-order valence-electron chi connectivity index (χ1n) is 9.68. The van der Waals surface area contributed by atoms with Gasteiger partial charge in [-0.2, -0.15) is 5.10 Å². The smallest absolute Gasteiger partial charge is 0.271 e. The van der Waals surface area contributed by atoms with Crippen LogP contribution in [0.1, 0.15) is 42.3 Å². The summed E-state index contributed by atoms with van der Waals surface area (Å²) in [5, 5.41) is 7.85. The molecule has 1 aliphatic rings. The first kappa shape index (κ1) is 19.4. The number of fused-ring (bicyclic) bond motifs is 2. The zero-order chi connectivity index (χ0) is 20.5. The Labute approximate surface area is 173 Å². The second-order valence-electron chi connectivity index (χ2n) is 7.53. The third kappa shape index (κ3) is 4.27. The summed E-state index contributed by atoms with van der Waals surface area (Å²) < 4.78 is 1.81. The van der Waals surface area contributed by atoms with Crippen LogP contribution in [0.4, 0.5) is 0 Å². The summed E-state index contributed by atoms with van der Waals surface area (Å²) in [4.78, 5) is 34.4. The molecular formula is C20H23ClN6O2. The number of H-pyrrole nitrogens is 1. The number of nitrogens with one attached hydrogen (secondary N) is 2. The molecule has 0 fully saturated rings. The van der Waals surface area contributed by atoms with Crippen molar-refractivity contribution in [1.29, 1.82) is 0 Å². The molecule has 152 valence electrons. The van der Waals surface area contributed by atoms with Gasteiger partial charge in [0.05, 0.1) is 29.8 Å². The summed E-state index contributed by atoms with van der Waals surface area (Å²) in [6.07, 6.45) is 0.894. The van der Waals surface area contributed by atoms with Gasteiger partial charge in [0, 0.05) is 30.5 Å². The average Bonchev–Trinajstić information content (AvgIpc) is 3.28. The number of amides is 2. The molecule has 0 unspecified atom stereocenters. The van der Waals surface area contributed by atoms with Gasteiger partial charge in [0.15, 0.2) is 5.69 Å². The highest BCUT2D eigenvalue weighted by atomic mass is 35.5. The fraction of sp³-hybridized carbons (Fsp3) is 0.400. The first-order valence-corrected chi connectivity index (χ1v) is 10.1. The Morgan fingerprint density at radius 2 is 2.10 bits per heavy atom. The lowest BCUT2D eigenvalue weighted by Crippen LogP contribution is -2.38. The Morgan fingerprint density at radius 1 is 1.28 bits per heavy atom. The second kappa shape index (κ2) is 7.87. The Hall–Kier alpha value is -2.87. The normalized spacial score (nSPS) is 13.7. The van der Waals surface area contributed by atoms with Crippen LogP contribution in [0.5, 0.6) is 0 Å². The van der Waals surface area contributed by atoms with Crippen LogP contribution in [-0.4, -0.2) is 49.0 Å². The molecule has 1 aromatic carbocycles. The molecule has 29 heavy (non-hydrogen) atoms. The molecule has 4 rings (SSSR count). The highest BCUT2D eigenvalue weighted by Crippen LogP contribution is 2.19. The van der Waals surface area contributed by atoms with Gasteiger partial charge in [0.2, 0.25) is 5.91 Å². The lowest BCUT2D eigenvalue weighted by Gasteiger charge is -2.27. The highest BCUT2D eigenvalue weighted by molar-refractivity contribution is 6.31. The third-order valence-electron chi connectivity index (χ3n) is 4.87. The van der Waals surface area contributed by atoms with Crippen molar-refractivity contribution < 1.29 is 9.59 Å². The number of imidazole rings is 1. The number of carbonyl (C=O) groups excluding carboxylic acids is 2. The van der Waals surface area contributed by atoms with Gasteiger partial charge in [-0.3, -0.25) is 14.3 Å². The summed E-state index contributed by atoms with van der Waals surface area (Å²) in [6.45, 7) is 5.43. The van der Waals surface area contributed by atoms with E-state index in [0.29, 0.717) is 43.2 Å². The summed E-state index contributed by atoms with van der Waals surface area (Å²) >= 11 is 6.00. The van der Waals surface area contributed by atoms with Crippen molar-refractivity contribution in [2.24, 2.45) is 0 Å². The quantitative estimate of drug-likeness (QED) is 0.670. The Kier molecular flexibility index (Phi) is 5.27. The van der Waals surface area contributed by atoms with Crippen LogP contribution in [0.2, 0.25) is 5.02 Å². The van der Waals surface area contributed by atoms with E-state index in [-0.39, 0.29) is 17.9 Å². The Balaban J connectivity index is 1.37. The number of halogens is 1. The van der Waals surface area contributed by atoms with Crippen LogP contribution in [0.3, 0.4) is 0 Å². The van der Waals surface area contributed by atoms with Crippen molar-refractivity contribution in [2.45, 2.75) is 45.8 Å². The summed E-state index contributed by atoms with van der Waals surface area (Å²) in [7, 11) is 0. The maximum Gasteiger partial charge on any atom is 0.271 e. The minimum Gasteiger partial charge on any atom is -0.348 e. The molecule has 0 spiro atoms. The molecule has 0 atom stereocenters. The molecule has 2 aromatic heterocycles. The standard InChI is InChI=1S/C20H23ClN6O2/c1-12(2)22-20(29)17-10-14-11-26(7-8-27(14)25-17)19(28)6-5-18-23-15-4-3-13(21)9-16(15)24-18/h3-4,9-10,12H,5-8,11H2,1-2H3,(H,22,29)(H,23,24). The first-order chi connectivity index (χ1) is 13.9. The average molecular weight is 415 g/mol. The number of aromatic nitrogens is 4. The summed E-state index contributed by atoms with van der Waals surface area (Å²) in [5.74, 6) is 0.638. The summed E-state index contributed by atoms with van der Waals surface area (Å²) in [5.41, 5.74) is 2.97. The Morgan fingerprint density at radius 3 is 2.90 bits per heavy atom. The number of nitrogens with zero attached hydrogens (tertiary/aromatic N) is 4. The van der Waals surface area contributed by atoms with E-state index in [2.05, 4.69) is 20.4 Å². The van der Waals surface area contributed by atoms with Gasteiger partial charge >= 0.3 is 0 Å². The van der Waals surface area contributed by atoms with Crippen molar-refractivity contribution in [3.63, 3.8) is 0 Å². The molecule has 2 amide bonds. The van der Waals surface area contributed by atoms with Gasteiger partial charge < -0.3 is 15.2 Å². The lowest BCUT2D eigenvalue weighted by molar-refractivity contribution is -0.132. The van der Waals surface area contributed by atoms with E-state index < -0.39 is 0 Å². The molecule has 0 bridgehead atoms. The number of carbonyl (C=O) groups is 2. The predicted octanol–water partition coefficient (Wildman–Crippen LogP) is 2.53. The number of benzene rings is 1. The van der Waals surface area contributed by atoms with Crippen LogP contribution in [0.15, 0.2) is 24.3 Å². The van der Waals surface area contributed by atoms with Crippen LogP contribution >= 0.6 is 11.6 Å². The zero-order valence-corrected chi connectivity index (χ0v) is 17.2. The van der Waals surface area contributed by atoms with Gasteiger partial charge in [-0.15, -0.1) is 0 Å². The molecule has 0 aliphatic carbocycles. The van der Waals surface area contributed by atoms with Gasteiger partial charge in [0.1, 0.15) is 5.82 Å². The minimum absolute atomic E-state index is 0.0496. The SMILES string of the molecule is CC(C)NC(=O)c1cc2n(n1)CCN(C(=O)CCc1nc3ccc(Cl)cc3[nH]1)C2. The van der Waals surface area contributed by atoms with E-state index in [1.165, 1.54) is 0 Å². The molecule has 3 aromatic rings. The fourth-order valence-corrected chi connectivity index (χ4v) is 3.63. The van der Waals surface area contributed by atoms with E-state index in [1.54, 1.807) is 17.0 Å². The van der Waals surface area contributed by atoms with Crippen molar-refractivity contribution in [3.05, 3.63) is 46.5 Å². The van der Waals surface area contributed by atoms with Gasteiger partial charge in [-0.1, -0.05) is 11.6 Å². The molecule has 0 saturated heterocycles. The van der Waals surface area contributed by atoms with Crippen molar-refractivity contribution in [1.82, 2.24) is 30.0 Å². The molecule has 0 saturated carbocycles. The molecule has 0 radical (unpaired) electrons. The van der Waals surface area contributed by atoms with E-state index in [9.17, 15) is 9.59 Å². The highest BCUT2D eigenvalue weighted by Gasteiger charge is 2.24. The van der Waals surface area contributed by atoms with Crippen LogP contribution in [0, 0.1) is 0 Å². The number of hydrogen-bond donors (Lipinski definition) is 2.